The van der Waals surface area contributed by atoms with Crippen LogP contribution in [0.25, 0.3) is 0 Å². The molecular weight excluding hydrogens is 310 g/mol. The van der Waals surface area contributed by atoms with Gasteiger partial charge in [-0.15, -0.1) is 0 Å². The molecule has 126 valence electrons. The molecule has 0 saturated carbocycles. The number of hydrogen-bond donors (Lipinski definition) is 2. The zero-order valence-corrected chi connectivity index (χ0v) is 13.3. The van der Waals surface area contributed by atoms with Crippen LogP contribution in [-0.2, 0) is 4.74 Å². The second-order valence-electron chi connectivity index (χ2n) is 5.87. The third kappa shape index (κ3) is 3.37. The van der Waals surface area contributed by atoms with Crippen LogP contribution in [0.1, 0.15) is 29.9 Å². The highest BCUT2D eigenvalue weighted by Gasteiger charge is 2.33. The molecule has 0 bridgehead atoms. The number of nitrogens with one attached hydrogen (secondary N) is 1. The first-order chi connectivity index (χ1) is 11.6. The molecule has 7 nitrogen and oxygen atoms in total. The molecular formula is C17H19N3O4. The van der Waals surface area contributed by atoms with E-state index < -0.39 is 11.9 Å². The first kappa shape index (κ1) is 16.4. The van der Waals surface area contributed by atoms with E-state index in [1.54, 1.807) is 36.5 Å². The summed E-state index contributed by atoms with van der Waals surface area (Å²) in [7, 11) is 0. The number of aromatic nitrogens is 2. The van der Waals surface area contributed by atoms with E-state index in [-0.39, 0.29) is 30.4 Å². The number of aliphatic hydroxyl groups is 1. The molecule has 7 heteroatoms. The van der Waals surface area contributed by atoms with E-state index in [0.717, 1.165) is 0 Å². The van der Waals surface area contributed by atoms with E-state index in [2.05, 4.69) is 10.3 Å². The van der Waals surface area contributed by atoms with Gasteiger partial charge in [0.1, 0.15) is 12.0 Å². The van der Waals surface area contributed by atoms with Gasteiger partial charge in [0.05, 0.1) is 12.7 Å². The predicted octanol–water partition coefficient (Wildman–Crippen LogP) is 1.41. The van der Waals surface area contributed by atoms with Gasteiger partial charge in [-0.3, -0.25) is 9.36 Å². The highest BCUT2D eigenvalue weighted by Crippen LogP contribution is 2.32. The van der Waals surface area contributed by atoms with Crippen LogP contribution in [0.5, 0.6) is 0 Å². The summed E-state index contributed by atoms with van der Waals surface area (Å²) in [5.41, 5.74) is -0.0154. The Bertz CT molecular complexity index is 775. The molecule has 3 rings (SSSR count). The molecule has 1 aromatic carbocycles. The predicted molar refractivity (Wildman–Crippen MR) is 87.7 cm³/mol. The fourth-order valence-corrected chi connectivity index (χ4v) is 2.83. The van der Waals surface area contributed by atoms with Gasteiger partial charge >= 0.3 is 5.69 Å². The Morgan fingerprint density at radius 1 is 1.38 bits per heavy atom. The minimum absolute atomic E-state index is 0.0752. The average molecular weight is 329 g/mol. The van der Waals surface area contributed by atoms with E-state index in [0.29, 0.717) is 12.0 Å². The maximum Gasteiger partial charge on any atom is 0.351 e. The van der Waals surface area contributed by atoms with Crippen molar-refractivity contribution in [3.05, 3.63) is 58.6 Å². The Kier molecular flexibility index (Phi) is 4.73. The number of aliphatic hydroxyl groups excluding tert-OH is 1. The molecule has 0 spiro atoms. The van der Waals surface area contributed by atoms with Crippen molar-refractivity contribution >= 4 is 11.7 Å². The van der Waals surface area contributed by atoms with Crippen LogP contribution in [0, 0.1) is 5.92 Å². The van der Waals surface area contributed by atoms with Crippen LogP contribution in [0.15, 0.2) is 47.4 Å². The zero-order chi connectivity index (χ0) is 17.1. The number of carbonyl (C=O) groups excluding carboxylic acids is 1. The number of hydrogen-bond acceptors (Lipinski definition) is 5. The summed E-state index contributed by atoms with van der Waals surface area (Å²) in [6.07, 6.45) is 1.51. The Labute approximate surface area is 138 Å². The van der Waals surface area contributed by atoms with Crippen molar-refractivity contribution < 1.29 is 14.6 Å². The van der Waals surface area contributed by atoms with Gasteiger partial charge in [0, 0.05) is 17.7 Å². The van der Waals surface area contributed by atoms with Gasteiger partial charge in [-0.2, -0.15) is 4.98 Å². The van der Waals surface area contributed by atoms with Crippen molar-refractivity contribution in [3.8, 4) is 0 Å². The lowest BCUT2D eigenvalue weighted by Crippen LogP contribution is -2.30. The lowest BCUT2D eigenvalue weighted by atomic mass is 10.1. The van der Waals surface area contributed by atoms with Gasteiger partial charge in [0.15, 0.2) is 0 Å². The number of nitrogens with zero attached hydrogens (tertiary/aromatic N) is 2. The topological polar surface area (TPSA) is 93.4 Å². The van der Waals surface area contributed by atoms with Crippen molar-refractivity contribution in [1.82, 2.24) is 9.55 Å². The molecule has 0 unspecified atom stereocenters. The quantitative estimate of drug-likeness (QED) is 0.884. The molecule has 1 aromatic heterocycles. The lowest BCUT2D eigenvalue weighted by Gasteiger charge is -2.18. The van der Waals surface area contributed by atoms with E-state index in [1.807, 2.05) is 13.0 Å². The molecule has 2 heterocycles. The summed E-state index contributed by atoms with van der Waals surface area (Å²) in [6.45, 7) is 1.88. The Hall–Kier alpha value is -2.51. The smallest absolute Gasteiger partial charge is 0.351 e. The SMILES string of the molecule is C[C@@H]1C[C@@H](CO)O[C@@H]1n1ccc(NC(=O)c2ccccc2)nc1=O. The normalized spacial score (nSPS) is 23.2. The maximum absolute atomic E-state index is 12.2. The number of anilines is 1. The second-order valence-corrected chi connectivity index (χ2v) is 5.87. The van der Waals surface area contributed by atoms with Crippen LogP contribution < -0.4 is 11.0 Å². The van der Waals surface area contributed by atoms with Gasteiger partial charge in [0.25, 0.3) is 5.91 Å². The first-order valence-corrected chi connectivity index (χ1v) is 7.80. The molecule has 0 aliphatic carbocycles. The second kappa shape index (κ2) is 6.94. The number of amides is 1. The van der Waals surface area contributed by atoms with Crippen LogP contribution in [0.4, 0.5) is 5.82 Å². The molecule has 24 heavy (non-hydrogen) atoms. The van der Waals surface area contributed by atoms with Gasteiger partial charge in [-0.1, -0.05) is 25.1 Å². The maximum atomic E-state index is 12.2. The van der Waals surface area contributed by atoms with Crippen molar-refractivity contribution in [2.75, 3.05) is 11.9 Å². The number of benzene rings is 1. The monoisotopic (exact) mass is 329 g/mol. The first-order valence-electron chi connectivity index (χ1n) is 7.80. The van der Waals surface area contributed by atoms with Crippen molar-refractivity contribution in [2.45, 2.75) is 25.7 Å². The molecule has 1 saturated heterocycles. The third-order valence-corrected chi connectivity index (χ3v) is 4.04. The minimum atomic E-state index is -0.503. The van der Waals surface area contributed by atoms with E-state index in [1.165, 1.54) is 4.57 Å². The molecule has 1 aliphatic heterocycles. The summed E-state index contributed by atoms with van der Waals surface area (Å²) in [5.74, 6) is -0.0491. The largest absolute Gasteiger partial charge is 0.394 e. The Morgan fingerprint density at radius 2 is 2.12 bits per heavy atom. The van der Waals surface area contributed by atoms with E-state index >= 15 is 0 Å². The third-order valence-electron chi connectivity index (χ3n) is 4.04. The summed E-state index contributed by atoms with van der Waals surface area (Å²) in [6, 6.07) is 10.3. The minimum Gasteiger partial charge on any atom is -0.394 e. The molecule has 2 aromatic rings. The molecule has 2 N–H and O–H groups in total. The standard InChI is InChI=1S/C17H19N3O4/c1-11-9-13(10-21)24-16(11)20-8-7-14(19-17(20)23)18-15(22)12-5-3-2-4-6-12/h2-8,11,13,16,21H,9-10H2,1H3,(H,18,19,22,23)/t11-,13+,16+/m1/s1. The van der Waals surface area contributed by atoms with Gasteiger partial charge in [0.2, 0.25) is 0 Å². The van der Waals surface area contributed by atoms with Crippen LogP contribution in [0.3, 0.4) is 0 Å². The van der Waals surface area contributed by atoms with Crippen LogP contribution in [-0.4, -0.2) is 33.3 Å². The average Bonchev–Trinajstić information content (AvgIpc) is 2.96. The molecule has 3 atom stereocenters. The number of rotatable bonds is 4. The summed E-state index contributed by atoms with van der Waals surface area (Å²) in [4.78, 5) is 28.2. The van der Waals surface area contributed by atoms with E-state index in [9.17, 15) is 14.7 Å². The molecule has 1 fully saturated rings. The number of ether oxygens (including phenoxy) is 1. The van der Waals surface area contributed by atoms with Crippen molar-refractivity contribution in [2.24, 2.45) is 5.92 Å². The Balaban J connectivity index is 1.76. The van der Waals surface area contributed by atoms with Crippen LogP contribution >= 0.6 is 0 Å². The van der Waals surface area contributed by atoms with Crippen molar-refractivity contribution in [1.29, 1.82) is 0 Å². The molecule has 1 amide bonds. The van der Waals surface area contributed by atoms with E-state index in [4.69, 9.17) is 4.74 Å². The van der Waals surface area contributed by atoms with Gasteiger partial charge < -0.3 is 15.2 Å². The number of carbonyl (C=O) groups is 1. The molecule has 0 radical (unpaired) electrons. The van der Waals surface area contributed by atoms with Crippen LogP contribution in [0.2, 0.25) is 0 Å². The Morgan fingerprint density at radius 3 is 2.75 bits per heavy atom. The van der Waals surface area contributed by atoms with Gasteiger partial charge in [-0.05, 0) is 24.6 Å². The lowest BCUT2D eigenvalue weighted by molar-refractivity contribution is -0.0335. The summed E-state index contributed by atoms with van der Waals surface area (Å²) < 4.78 is 7.05. The summed E-state index contributed by atoms with van der Waals surface area (Å²) >= 11 is 0. The van der Waals surface area contributed by atoms with Crippen molar-refractivity contribution in [3.63, 3.8) is 0 Å². The molecule has 1 aliphatic rings. The fraction of sp³-hybridized carbons (Fsp3) is 0.353. The fourth-order valence-electron chi connectivity index (χ4n) is 2.83. The summed E-state index contributed by atoms with van der Waals surface area (Å²) in [5, 5.41) is 11.8. The highest BCUT2D eigenvalue weighted by atomic mass is 16.5. The highest BCUT2D eigenvalue weighted by molar-refractivity contribution is 6.03. The van der Waals surface area contributed by atoms with Gasteiger partial charge in [-0.25, -0.2) is 4.79 Å². The zero-order valence-electron chi connectivity index (χ0n) is 13.3.